The van der Waals surface area contributed by atoms with Crippen LogP contribution in [0.4, 0.5) is 0 Å². The first kappa shape index (κ1) is 14.0. The Hall–Kier alpha value is -0.0400. The van der Waals surface area contributed by atoms with Crippen LogP contribution in [0.5, 0.6) is 0 Å². The van der Waals surface area contributed by atoms with Crippen molar-refractivity contribution >= 4 is 0 Å². The molecule has 1 nitrogen and oxygen atoms in total. The average molecular weight is 225 g/mol. The van der Waals surface area contributed by atoms with E-state index in [1.54, 1.807) is 0 Å². The minimum atomic E-state index is 0.960. The van der Waals surface area contributed by atoms with Crippen molar-refractivity contribution in [3.8, 4) is 0 Å². The van der Waals surface area contributed by atoms with Crippen LogP contribution in [0.15, 0.2) is 0 Å². The zero-order valence-corrected chi connectivity index (χ0v) is 11.4. The highest BCUT2D eigenvalue weighted by molar-refractivity contribution is 4.74. The van der Waals surface area contributed by atoms with E-state index in [4.69, 9.17) is 0 Å². The molecule has 0 radical (unpaired) electrons. The van der Waals surface area contributed by atoms with Crippen LogP contribution in [0.25, 0.3) is 0 Å². The SMILES string of the molecule is CCCCCCCCCC1CNCCC1C. The largest absolute Gasteiger partial charge is 0.316 e. The van der Waals surface area contributed by atoms with Crippen LogP contribution in [0.3, 0.4) is 0 Å². The van der Waals surface area contributed by atoms with E-state index in [2.05, 4.69) is 19.2 Å². The number of hydrogen-bond acceptors (Lipinski definition) is 1. The molecule has 1 fully saturated rings. The number of unbranched alkanes of at least 4 members (excludes halogenated alkanes) is 6. The van der Waals surface area contributed by atoms with Gasteiger partial charge in [-0.15, -0.1) is 0 Å². The maximum atomic E-state index is 3.53. The van der Waals surface area contributed by atoms with E-state index in [0.717, 1.165) is 11.8 Å². The van der Waals surface area contributed by atoms with Crippen molar-refractivity contribution in [2.24, 2.45) is 11.8 Å². The summed E-state index contributed by atoms with van der Waals surface area (Å²) < 4.78 is 0. The van der Waals surface area contributed by atoms with Gasteiger partial charge >= 0.3 is 0 Å². The first-order valence-corrected chi connectivity index (χ1v) is 7.55. The molecule has 1 aliphatic heterocycles. The smallest absolute Gasteiger partial charge is 0.00180 e. The van der Waals surface area contributed by atoms with Crippen molar-refractivity contribution in [3.05, 3.63) is 0 Å². The first-order chi connectivity index (χ1) is 7.84. The number of piperidine rings is 1. The van der Waals surface area contributed by atoms with Crippen LogP contribution in [0.1, 0.15) is 71.6 Å². The van der Waals surface area contributed by atoms with Gasteiger partial charge in [-0.05, 0) is 37.8 Å². The monoisotopic (exact) mass is 225 g/mol. The Bertz CT molecular complexity index is 156. The van der Waals surface area contributed by atoms with Crippen molar-refractivity contribution < 1.29 is 0 Å². The molecule has 1 aliphatic rings. The average Bonchev–Trinajstić information content (AvgIpc) is 2.30. The van der Waals surface area contributed by atoms with Gasteiger partial charge in [0, 0.05) is 0 Å². The summed E-state index contributed by atoms with van der Waals surface area (Å²) in [6.45, 7) is 7.25. The lowest BCUT2D eigenvalue weighted by atomic mass is 9.84. The molecular weight excluding hydrogens is 194 g/mol. The second-order valence-corrected chi connectivity index (χ2v) is 5.64. The van der Waals surface area contributed by atoms with E-state index in [9.17, 15) is 0 Å². The Labute approximate surface area is 102 Å². The van der Waals surface area contributed by atoms with Crippen molar-refractivity contribution in [1.82, 2.24) is 5.32 Å². The van der Waals surface area contributed by atoms with Crippen LogP contribution in [-0.4, -0.2) is 13.1 Å². The van der Waals surface area contributed by atoms with Crippen LogP contribution in [-0.2, 0) is 0 Å². The molecule has 0 spiro atoms. The summed E-state index contributed by atoms with van der Waals surface area (Å²) in [6, 6.07) is 0. The Balaban J connectivity index is 1.90. The van der Waals surface area contributed by atoms with E-state index in [1.165, 1.54) is 70.9 Å². The predicted molar refractivity (Wildman–Crippen MR) is 72.8 cm³/mol. The van der Waals surface area contributed by atoms with Gasteiger partial charge in [0.25, 0.3) is 0 Å². The van der Waals surface area contributed by atoms with Crippen molar-refractivity contribution in [1.29, 1.82) is 0 Å². The molecule has 16 heavy (non-hydrogen) atoms. The van der Waals surface area contributed by atoms with Gasteiger partial charge in [0.2, 0.25) is 0 Å². The van der Waals surface area contributed by atoms with Crippen molar-refractivity contribution in [2.75, 3.05) is 13.1 Å². The third kappa shape index (κ3) is 5.89. The summed E-state index contributed by atoms with van der Waals surface area (Å²) in [7, 11) is 0. The van der Waals surface area contributed by atoms with Crippen LogP contribution >= 0.6 is 0 Å². The molecule has 0 bridgehead atoms. The molecule has 1 heteroatoms. The molecule has 2 atom stereocenters. The Kier molecular flexibility index (Phi) is 7.92. The fourth-order valence-corrected chi connectivity index (χ4v) is 2.80. The van der Waals surface area contributed by atoms with Gasteiger partial charge in [0.1, 0.15) is 0 Å². The van der Waals surface area contributed by atoms with Gasteiger partial charge in [-0.25, -0.2) is 0 Å². The molecule has 96 valence electrons. The Morgan fingerprint density at radius 1 is 1.00 bits per heavy atom. The summed E-state index contributed by atoms with van der Waals surface area (Å²) >= 11 is 0. The van der Waals surface area contributed by atoms with Crippen LogP contribution in [0.2, 0.25) is 0 Å². The summed E-state index contributed by atoms with van der Waals surface area (Å²) in [5, 5.41) is 3.53. The minimum absolute atomic E-state index is 0.960. The van der Waals surface area contributed by atoms with E-state index >= 15 is 0 Å². The molecule has 0 aromatic carbocycles. The van der Waals surface area contributed by atoms with E-state index in [1.807, 2.05) is 0 Å². The quantitative estimate of drug-likeness (QED) is 0.605. The first-order valence-electron chi connectivity index (χ1n) is 7.55. The van der Waals surface area contributed by atoms with Crippen molar-refractivity contribution in [2.45, 2.75) is 71.6 Å². The van der Waals surface area contributed by atoms with Gasteiger partial charge in [-0.1, -0.05) is 58.8 Å². The van der Waals surface area contributed by atoms with E-state index < -0.39 is 0 Å². The Morgan fingerprint density at radius 3 is 2.38 bits per heavy atom. The normalized spacial score (nSPS) is 25.9. The van der Waals surface area contributed by atoms with Gasteiger partial charge in [-0.3, -0.25) is 0 Å². The van der Waals surface area contributed by atoms with Gasteiger partial charge in [-0.2, -0.15) is 0 Å². The molecule has 1 saturated heterocycles. The minimum Gasteiger partial charge on any atom is -0.316 e. The topological polar surface area (TPSA) is 12.0 Å². The van der Waals surface area contributed by atoms with Gasteiger partial charge < -0.3 is 5.32 Å². The molecule has 2 unspecified atom stereocenters. The number of nitrogens with one attached hydrogen (secondary N) is 1. The standard InChI is InChI=1S/C15H31N/c1-3-4-5-6-7-8-9-10-15-13-16-12-11-14(15)2/h14-16H,3-13H2,1-2H3. The summed E-state index contributed by atoms with van der Waals surface area (Å²) in [5.41, 5.74) is 0. The zero-order valence-electron chi connectivity index (χ0n) is 11.4. The predicted octanol–water partition coefficient (Wildman–Crippen LogP) is 4.37. The second-order valence-electron chi connectivity index (χ2n) is 5.64. The highest BCUT2D eigenvalue weighted by atomic mass is 14.9. The maximum Gasteiger partial charge on any atom is -0.00180 e. The van der Waals surface area contributed by atoms with E-state index in [-0.39, 0.29) is 0 Å². The number of hydrogen-bond donors (Lipinski definition) is 1. The lowest BCUT2D eigenvalue weighted by Crippen LogP contribution is -2.35. The molecule has 0 aromatic rings. The molecule has 0 amide bonds. The second kappa shape index (κ2) is 9.04. The molecule has 1 heterocycles. The third-order valence-electron chi connectivity index (χ3n) is 4.17. The summed E-state index contributed by atoms with van der Waals surface area (Å²) in [5.74, 6) is 1.92. The molecule has 0 aromatic heterocycles. The molecule has 1 rings (SSSR count). The van der Waals surface area contributed by atoms with E-state index in [0.29, 0.717) is 0 Å². The maximum absolute atomic E-state index is 3.53. The lowest BCUT2D eigenvalue weighted by Gasteiger charge is -2.29. The summed E-state index contributed by atoms with van der Waals surface area (Å²) in [6.07, 6.45) is 13.0. The van der Waals surface area contributed by atoms with Crippen LogP contribution in [0, 0.1) is 11.8 Å². The highest BCUT2D eigenvalue weighted by Crippen LogP contribution is 2.24. The zero-order chi connectivity index (χ0) is 11.6. The van der Waals surface area contributed by atoms with Gasteiger partial charge in [0.15, 0.2) is 0 Å². The fraction of sp³-hybridized carbons (Fsp3) is 1.00. The third-order valence-corrected chi connectivity index (χ3v) is 4.17. The lowest BCUT2D eigenvalue weighted by molar-refractivity contribution is 0.253. The Morgan fingerprint density at radius 2 is 1.69 bits per heavy atom. The summed E-state index contributed by atoms with van der Waals surface area (Å²) in [4.78, 5) is 0. The highest BCUT2D eigenvalue weighted by Gasteiger charge is 2.19. The fourth-order valence-electron chi connectivity index (χ4n) is 2.80. The molecule has 1 N–H and O–H groups in total. The van der Waals surface area contributed by atoms with Gasteiger partial charge in [0.05, 0.1) is 0 Å². The van der Waals surface area contributed by atoms with Crippen molar-refractivity contribution in [3.63, 3.8) is 0 Å². The molecular formula is C15H31N. The molecule has 0 saturated carbocycles. The van der Waals surface area contributed by atoms with Crippen LogP contribution < -0.4 is 5.32 Å². The number of rotatable bonds is 8. The molecule has 0 aliphatic carbocycles.